The zero-order valence-corrected chi connectivity index (χ0v) is 16.0. The number of nitrogens with zero attached hydrogens (tertiary/aromatic N) is 1. The highest BCUT2D eigenvalue weighted by Gasteiger charge is 2.27. The lowest BCUT2D eigenvalue weighted by atomic mass is 9.95. The number of anilines is 1. The summed E-state index contributed by atoms with van der Waals surface area (Å²) in [4.78, 5) is 26.9. The first-order chi connectivity index (χ1) is 14.1. The molecule has 2 aliphatic heterocycles. The first kappa shape index (κ1) is 19.2. The molecule has 0 aromatic heterocycles. The van der Waals surface area contributed by atoms with Crippen molar-refractivity contribution in [3.05, 3.63) is 53.8 Å². The van der Waals surface area contributed by atoms with Crippen LogP contribution in [0.3, 0.4) is 0 Å². The van der Waals surface area contributed by atoms with Crippen LogP contribution in [0.4, 0.5) is 10.1 Å². The molecule has 4 rings (SSSR count). The molecule has 0 atom stereocenters. The number of carbonyl (C=O) groups is 2. The van der Waals surface area contributed by atoms with Gasteiger partial charge in [-0.1, -0.05) is 12.1 Å². The predicted octanol–water partition coefficient (Wildman–Crippen LogP) is 3.02. The van der Waals surface area contributed by atoms with E-state index in [1.807, 2.05) is 0 Å². The Bertz CT molecular complexity index is 892. The lowest BCUT2D eigenvalue weighted by molar-refractivity contribution is -0.133. The lowest BCUT2D eigenvalue weighted by Gasteiger charge is -2.31. The van der Waals surface area contributed by atoms with E-state index in [-0.39, 0.29) is 30.0 Å². The van der Waals surface area contributed by atoms with Crippen LogP contribution in [-0.4, -0.2) is 43.0 Å². The van der Waals surface area contributed by atoms with Gasteiger partial charge in [0.1, 0.15) is 19.0 Å². The van der Waals surface area contributed by atoms with E-state index >= 15 is 0 Å². The number of benzene rings is 2. The maximum absolute atomic E-state index is 13.0. The second-order valence-corrected chi connectivity index (χ2v) is 7.31. The highest BCUT2D eigenvalue weighted by Crippen LogP contribution is 2.33. The molecular weight excluding hydrogens is 375 g/mol. The van der Waals surface area contributed by atoms with Gasteiger partial charge in [0.25, 0.3) is 0 Å². The molecule has 7 heteroatoms. The van der Waals surface area contributed by atoms with Crippen molar-refractivity contribution >= 4 is 17.5 Å². The van der Waals surface area contributed by atoms with Gasteiger partial charge in [-0.05, 0) is 42.7 Å². The second kappa shape index (κ2) is 8.51. The molecule has 2 aromatic carbocycles. The monoisotopic (exact) mass is 398 g/mol. The maximum Gasteiger partial charge on any atom is 0.227 e. The van der Waals surface area contributed by atoms with Crippen molar-refractivity contribution in [2.45, 2.75) is 19.3 Å². The molecule has 0 aliphatic carbocycles. The van der Waals surface area contributed by atoms with Crippen LogP contribution in [0.5, 0.6) is 11.5 Å². The SMILES string of the molecule is O=C(Nc1ccc2c(c1)OCCO2)C1CCN(C(=O)Cc2ccc(F)cc2)CC1. The smallest absolute Gasteiger partial charge is 0.227 e. The number of rotatable bonds is 4. The standard InChI is InChI=1S/C22H23FN2O4/c23-17-3-1-15(2-4-17)13-21(26)25-9-7-16(8-10-25)22(27)24-18-5-6-19-20(14-18)29-12-11-28-19/h1-6,14,16H,7-13H2,(H,24,27). The highest BCUT2D eigenvalue weighted by atomic mass is 19.1. The third-order valence-electron chi connectivity index (χ3n) is 5.30. The fraction of sp³-hybridized carbons (Fsp3) is 0.364. The third kappa shape index (κ3) is 4.67. The number of likely N-dealkylation sites (tertiary alicyclic amines) is 1. The van der Waals surface area contributed by atoms with Crippen LogP contribution < -0.4 is 14.8 Å². The summed E-state index contributed by atoms with van der Waals surface area (Å²) in [7, 11) is 0. The van der Waals surface area contributed by atoms with Crippen LogP contribution in [0, 0.1) is 11.7 Å². The van der Waals surface area contributed by atoms with Crippen molar-refractivity contribution in [1.29, 1.82) is 0 Å². The molecule has 2 aliphatic rings. The summed E-state index contributed by atoms with van der Waals surface area (Å²) in [5.41, 5.74) is 1.46. The minimum Gasteiger partial charge on any atom is -0.486 e. The van der Waals surface area contributed by atoms with Crippen molar-refractivity contribution in [2.24, 2.45) is 5.92 Å². The fourth-order valence-corrected chi connectivity index (χ4v) is 3.65. The van der Waals surface area contributed by atoms with Crippen molar-refractivity contribution in [1.82, 2.24) is 4.90 Å². The molecule has 1 fully saturated rings. The molecule has 1 N–H and O–H groups in total. The lowest BCUT2D eigenvalue weighted by Crippen LogP contribution is -2.42. The molecule has 29 heavy (non-hydrogen) atoms. The van der Waals surface area contributed by atoms with Gasteiger partial charge < -0.3 is 19.7 Å². The number of nitrogens with one attached hydrogen (secondary N) is 1. The molecule has 0 unspecified atom stereocenters. The Morgan fingerprint density at radius 2 is 1.69 bits per heavy atom. The van der Waals surface area contributed by atoms with E-state index in [4.69, 9.17) is 9.47 Å². The van der Waals surface area contributed by atoms with E-state index in [9.17, 15) is 14.0 Å². The molecule has 6 nitrogen and oxygen atoms in total. The molecule has 2 amide bonds. The average molecular weight is 398 g/mol. The van der Waals surface area contributed by atoms with Crippen molar-refractivity contribution in [3.63, 3.8) is 0 Å². The Morgan fingerprint density at radius 1 is 1.00 bits per heavy atom. The van der Waals surface area contributed by atoms with Gasteiger partial charge in [-0.15, -0.1) is 0 Å². The number of piperidine rings is 1. The summed E-state index contributed by atoms with van der Waals surface area (Å²) in [6.45, 7) is 2.10. The van der Waals surface area contributed by atoms with E-state index in [2.05, 4.69) is 5.32 Å². The summed E-state index contributed by atoms with van der Waals surface area (Å²) in [5, 5.41) is 2.94. The van der Waals surface area contributed by atoms with E-state index in [1.54, 1.807) is 35.2 Å². The van der Waals surface area contributed by atoms with E-state index in [1.165, 1.54) is 12.1 Å². The van der Waals surface area contributed by atoms with Gasteiger partial charge >= 0.3 is 0 Å². The van der Waals surface area contributed by atoms with Crippen LogP contribution >= 0.6 is 0 Å². The minimum atomic E-state index is -0.314. The fourth-order valence-electron chi connectivity index (χ4n) is 3.65. The quantitative estimate of drug-likeness (QED) is 0.860. The number of amides is 2. The molecule has 0 radical (unpaired) electrons. The van der Waals surface area contributed by atoms with E-state index < -0.39 is 0 Å². The first-order valence-electron chi connectivity index (χ1n) is 9.81. The molecule has 2 aromatic rings. The van der Waals surface area contributed by atoms with E-state index in [0.717, 1.165) is 5.56 Å². The number of fused-ring (bicyclic) bond motifs is 1. The van der Waals surface area contributed by atoms with Gasteiger partial charge in [0.05, 0.1) is 6.42 Å². The molecule has 2 heterocycles. The maximum atomic E-state index is 13.0. The third-order valence-corrected chi connectivity index (χ3v) is 5.30. The van der Waals surface area contributed by atoms with Gasteiger partial charge in [-0.2, -0.15) is 0 Å². The van der Waals surface area contributed by atoms with Gasteiger partial charge in [0.2, 0.25) is 11.8 Å². The molecule has 152 valence electrons. The molecule has 0 spiro atoms. The van der Waals surface area contributed by atoms with Gasteiger partial charge in [-0.3, -0.25) is 9.59 Å². The molecule has 0 bridgehead atoms. The van der Waals surface area contributed by atoms with Crippen LogP contribution in [0.1, 0.15) is 18.4 Å². The van der Waals surface area contributed by atoms with Gasteiger partial charge in [-0.25, -0.2) is 4.39 Å². The summed E-state index contributed by atoms with van der Waals surface area (Å²) < 4.78 is 24.0. The Labute approximate surface area is 168 Å². The molecule has 0 saturated carbocycles. The highest BCUT2D eigenvalue weighted by molar-refractivity contribution is 5.93. The van der Waals surface area contributed by atoms with Gasteiger partial charge in [0, 0.05) is 30.8 Å². The Morgan fingerprint density at radius 3 is 2.41 bits per heavy atom. The normalized spacial score (nSPS) is 16.4. The zero-order chi connectivity index (χ0) is 20.2. The van der Waals surface area contributed by atoms with Crippen molar-refractivity contribution in [2.75, 3.05) is 31.6 Å². The van der Waals surface area contributed by atoms with Crippen molar-refractivity contribution < 1.29 is 23.5 Å². The van der Waals surface area contributed by atoms with Gasteiger partial charge in [0.15, 0.2) is 11.5 Å². The summed E-state index contributed by atoms with van der Waals surface area (Å²) in [6, 6.07) is 11.3. The Hall–Kier alpha value is -3.09. The molecular formula is C22H23FN2O4. The topological polar surface area (TPSA) is 67.9 Å². The molecule has 1 saturated heterocycles. The Balaban J connectivity index is 1.28. The number of halogens is 1. The minimum absolute atomic E-state index is 0.00213. The number of hydrogen-bond acceptors (Lipinski definition) is 4. The number of ether oxygens (including phenoxy) is 2. The van der Waals surface area contributed by atoms with Crippen LogP contribution in [0.2, 0.25) is 0 Å². The average Bonchev–Trinajstić information content (AvgIpc) is 2.75. The predicted molar refractivity (Wildman–Crippen MR) is 105 cm³/mol. The number of carbonyl (C=O) groups excluding carboxylic acids is 2. The summed E-state index contributed by atoms with van der Waals surface area (Å²) in [5.74, 6) is 0.816. The van der Waals surface area contributed by atoms with Crippen LogP contribution in [-0.2, 0) is 16.0 Å². The van der Waals surface area contributed by atoms with E-state index in [0.29, 0.717) is 56.3 Å². The van der Waals surface area contributed by atoms with Crippen LogP contribution in [0.25, 0.3) is 0 Å². The summed E-state index contributed by atoms with van der Waals surface area (Å²) in [6.07, 6.45) is 1.48. The van der Waals surface area contributed by atoms with Crippen molar-refractivity contribution in [3.8, 4) is 11.5 Å². The zero-order valence-electron chi connectivity index (χ0n) is 16.0. The number of hydrogen-bond donors (Lipinski definition) is 1. The second-order valence-electron chi connectivity index (χ2n) is 7.31. The van der Waals surface area contributed by atoms with Crippen LogP contribution in [0.15, 0.2) is 42.5 Å². The Kier molecular flexibility index (Phi) is 5.64. The first-order valence-corrected chi connectivity index (χ1v) is 9.81. The largest absolute Gasteiger partial charge is 0.486 e. The summed E-state index contributed by atoms with van der Waals surface area (Å²) >= 11 is 0.